The Morgan fingerprint density at radius 3 is 2.19 bits per heavy atom. The van der Waals surface area contributed by atoms with Crippen LogP contribution in [0.5, 0.6) is 0 Å². The van der Waals surface area contributed by atoms with Crippen molar-refractivity contribution in [3.63, 3.8) is 0 Å². The topological polar surface area (TPSA) is 64.3 Å². The van der Waals surface area contributed by atoms with Gasteiger partial charge in [-0.25, -0.2) is 4.79 Å². The fourth-order valence-corrected chi connectivity index (χ4v) is 4.05. The van der Waals surface area contributed by atoms with Crippen LogP contribution in [0.3, 0.4) is 0 Å². The molecule has 1 fully saturated rings. The average Bonchev–Trinajstić information content (AvgIpc) is 2.92. The molecule has 0 atom stereocenters. The van der Waals surface area contributed by atoms with Gasteiger partial charge in [0.25, 0.3) is 0 Å². The number of ether oxygens (including phenoxy) is 1. The molecule has 0 aliphatic heterocycles. The van der Waals surface area contributed by atoms with Gasteiger partial charge in [-0.2, -0.15) is 0 Å². The summed E-state index contributed by atoms with van der Waals surface area (Å²) in [5.74, 6) is 0.770. The Balaban J connectivity index is 0.00000196. The number of carbonyl (C=O) groups excluding carboxylic acids is 1. The number of alkyl carbamates (subject to hydrolysis) is 1. The molecule has 2 aliphatic rings. The number of carbonyl (C=O) groups is 1. The summed E-state index contributed by atoms with van der Waals surface area (Å²) in [6.45, 7) is 1.03. The number of benzene rings is 2. The summed E-state index contributed by atoms with van der Waals surface area (Å²) < 4.78 is 5.52. The summed E-state index contributed by atoms with van der Waals surface area (Å²) >= 11 is 0. The molecule has 2 aliphatic carbocycles. The Labute approximate surface area is 160 Å². The van der Waals surface area contributed by atoms with Crippen molar-refractivity contribution in [3.8, 4) is 11.1 Å². The summed E-state index contributed by atoms with van der Waals surface area (Å²) in [7, 11) is 0. The highest BCUT2D eigenvalue weighted by atomic mass is 35.5. The van der Waals surface area contributed by atoms with E-state index in [4.69, 9.17) is 10.5 Å². The standard InChI is InChI=1S/C21H24N2O2.ClH/c22-15-11-14(12-15)9-10-23-21(24)25-13-20-18-7-3-1-5-16(18)17-6-2-4-8-19(17)20;/h1-8,14-15,20H,9-13,22H2,(H,23,24);1H. The van der Waals surface area contributed by atoms with E-state index in [1.165, 1.54) is 22.3 Å². The quantitative estimate of drug-likeness (QED) is 0.831. The first-order valence-electron chi connectivity index (χ1n) is 9.07. The highest BCUT2D eigenvalue weighted by Crippen LogP contribution is 2.44. The molecule has 26 heavy (non-hydrogen) atoms. The fourth-order valence-electron chi connectivity index (χ4n) is 4.05. The van der Waals surface area contributed by atoms with Gasteiger partial charge < -0.3 is 15.8 Å². The highest BCUT2D eigenvalue weighted by Gasteiger charge is 2.29. The Morgan fingerprint density at radius 1 is 1.04 bits per heavy atom. The van der Waals surface area contributed by atoms with Crippen LogP contribution in [0, 0.1) is 5.92 Å². The van der Waals surface area contributed by atoms with Gasteiger partial charge in [0.15, 0.2) is 0 Å². The molecule has 4 rings (SSSR count). The molecular formula is C21H25ClN2O2. The fraction of sp³-hybridized carbons (Fsp3) is 0.381. The number of nitrogens with one attached hydrogen (secondary N) is 1. The number of rotatable bonds is 5. The second-order valence-electron chi connectivity index (χ2n) is 7.14. The molecule has 0 spiro atoms. The van der Waals surface area contributed by atoms with Crippen LogP contribution < -0.4 is 11.1 Å². The predicted octanol–water partition coefficient (Wildman–Crippen LogP) is 4.07. The molecule has 0 aromatic heterocycles. The van der Waals surface area contributed by atoms with Crippen LogP contribution in [0.4, 0.5) is 4.79 Å². The SMILES string of the molecule is Cl.NC1CC(CCNC(=O)OCC2c3ccccc3-c3ccccc32)C1. The lowest BCUT2D eigenvalue weighted by Gasteiger charge is -2.32. The van der Waals surface area contributed by atoms with Crippen molar-refractivity contribution in [3.05, 3.63) is 59.7 Å². The smallest absolute Gasteiger partial charge is 0.407 e. The normalized spacial score (nSPS) is 20.3. The van der Waals surface area contributed by atoms with Crippen LogP contribution in [-0.2, 0) is 4.74 Å². The third kappa shape index (κ3) is 3.71. The second kappa shape index (κ2) is 8.11. The summed E-state index contributed by atoms with van der Waals surface area (Å²) in [6.07, 6.45) is 2.81. The van der Waals surface area contributed by atoms with Crippen molar-refractivity contribution in [1.82, 2.24) is 5.32 Å². The van der Waals surface area contributed by atoms with Gasteiger partial charge in [-0.15, -0.1) is 12.4 Å². The van der Waals surface area contributed by atoms with E-state index in [0.717, 1.165) is 19.3 Å². The van der Waals surface area contributed by atoms with E-state index in [0.29, 0.717) is 25.1 Å². The maximum atomic E-state index is 12.0. The molecule has 0 heterocycles. The molecule has 4 nitrogen and oxygen atoms in total. The van der Waals surface area contributed by atoms with Gasteiger partial charge >= 0.3 is 6.09 Å². The number of nitrogens with two attached hydrogens (primary N) is 1. The maximum absolute atomic E-state index is 12.0. The summed E-state index contributed by atoms with van der Waals surface area (Å²) in [5.41, 5.74) is 10.7. The van der Waals surface area contributed by atoms with Crippen molar-refractivity contribution >= 4 is 18.5 Å². The summed E-state index contributed by atoms with van der Waals surface area (Å²) in [5, 5.41) is 2.87. The van der Waals surface area contributed by atoms with Crippen molar-refractivity contribution < 1.29 is 9.53 Å². The molecule has 1 amide bonds. The highest BCUT2D eigenvalue weighted by molar-refractivity contribution is 5.85. The van der Waals surface area contributed by atoms with E-state index < -0.39 is 0 Å². The van der Waals surface area contributed by atoms with Gasteiger partial charge in [0.2, 0.25) is 0 Å². The molecule has 0 bridgehead atoms. The Morgan fingerprint density at radius 2 is 1.62 bits per heavy atom. The van der Waals surface area contributed by atoms with Gasteiger partial charge in [-0.1, -0.05) is 48.5 Å². The van der Waals surface area contributed by atoms with Crippen molar-refractivity contribution in [2.75, 3.05) is 13.2 Å². The maximum Gasteiger partial charge on any atom is 0.407 e. The van der Waals surface area contributed by atoms with E-state index in [2.05, 4.69) is 41.7 Å². The summed E-state index contributed by atoms with van der Waals surface area (Å²) in [4.78, 5) is 12.0. The van der Waals surface area contributed by atoms with Crippen LogP contribution in [0.25, 0.3) is 11.1 Å². The average molecular weight is 373 g/mol. The van der Waals surface area contributed by atoms with Crippen LogP contribution in [0.2, 0.25) is 0 Å². The van der Waals surface area contributed by atoms with Gasteiger partial charge in [0.1, 0.15) is 6.61 Å². The lowest BCUT2D eigenvalue weighted by molar-refractivity contribution is 0.141. The monoisotopic (exact) mass is 372 g/mol. The number of hydrogen-bond donors (Lipinski definition) is 2. The molecule has 0 radical (unpaired) electrons. The molecule has 3 N–H and O–H groups in total. The second-order valence-corrected chi connectivity index (χ2v) is 7.14. The zero-order valence-corrected chi connectivity index (χ0v) is 15.5. The van der Waals surface area contributed by atoms with E-state index in [9.17, 15) is 4.79 Å². The third-order valence-electron chi connectivity index (χ3n) is 5.44. The molecule has 0 saturated heterocycles. The van der Waals surface area contributed by atoms with Crippen molar-refractivity contribution in [1.29, 1.82) is 0 Å². The zero-order valence-electron chi connectivity index (χ0n) is 14.7. The largest absolute Gasteiger partial charge is 0.449 e. The van der Waals surface area contributed by atoms with Gasteiger partial charge in [0, 0.05) is 18.5 Å². The van der Waals surface area contributed by atoms with Gasteiger partial charge in [-0.05, 0) is 47.4 Å². The summed E-state index contributed by atoms with van der Waals surface area (Å²) in [6, 6.07) is 17.1. The molecular weight excluding hydrogens is 348 g/mol. The number of fused-ring (bicyclic) bond motifs is 3. The minimum Gasteiger partial charge on any atom is -0.449 e. The van der Waals surface area contributed by atoms with Crippen LogP contribution in [0.15, 0.2) is 48.5 Å². The molecule has 1 saturated carbocycles. The lowest BCUT2D eigenvalue weighted by Crippen LogP contribution is -2.38. The molecule has 0 unspecified atom stereocenters. The zero-order chi connectivity index (χ0) is 17.2. The molecule has 2 aromatic rings. The first-order chi connectivity index (χ1) is 12.2. The first-order valence-corrected chi connectivity index (χ1v) is 9.07. The van der Waals surface area contributed by atoms with Crippen LogP contribution in [-0.4, -0.2) is 25.3 Å². The Bertz CT molecular complexity index is 729. The van der Waals surface area contributed by atoms with E-state index in [1.54, 1.807) is 0 Å². The Hall–Kier alpha value is -2.04. The number of halogens is 1. The van der Waals surface area contributed by atoms with E-state index in [-0.39, 0.29) is 24.4 Å². The minimum atomic E-state index is -0.328. The van der Waals surface area contributed by atoms with Crippen LogP contribution in [0.1, 0.15) is 36.3 Å². The number of amides is 1. The predicted molar refractivity (Wildman–Crippen MR) is 106 cm³/mol. The van der Waals surface area contributed by atoms with Crippen molar-refractivity contribution in [2.24, 2.45) is 11.7 Å². The minimum absolute atomic E-state index is 0. The first kappa shape index (κ1) is 18.7. The Kier molecular flexibility index (Phi) is 5.84. The third-order valence-corrected chi connectivity index (χ3v) is 5.44. The van der Waals surface area contributed by atoms with Gasteiger partial charge in [-0.3, -0.25) is 0 Å². The molecule has 5 heteroatoms. The van der Waals surface area contributed by atoms with E-state index >= 15 is 0 Å². The van der Waals surface area contributed by atoms with E-state index in [1.807, 2.05) is 12.1 Å². The lowest BCUT2D eigenvalue weighted by atomic mass is 9.79. The number of hydrogen-bond acceptors (Lipinski definition) is 3. The van der Waals surface area contributed by atoms with Gasteiger partial charge in [0.05, 0.1) is 0 Å². The molecule has 2 aromatic carbocycles. The van der Waals surface area contributed by atoms with Crippen molar-refractivity contribution in [2.45, 2.75) is 31.2 Å². The van der Waals surface area contributed by atoms with Crippen LogP contribution >= 0.6 is 12.4 Å². The molecule has 138 valence electrons.